The second-order valence-electron chi connectivity index (χ2n) is 9.89. The Morgan fingerprint density at radius 2 is 1.88 bits per heavy atom. The molecule has 2 atom stereocenters. The van der Waals surface area contributed by atoms with Crippen LogP contribution in [0.15, 0.2) is 46.8 Å². The molecule has 5 rings (SSSR count). The number of aromatic nitrogens is 2. The number of nitrogens with zero attached hydrogens (tertiary/aromatic N) is 3. The van der Waals surface area contributed by atoms with E-state index in [-0.39, 0.29) is 23.2 Å². The van der Waals surface area contributed by atoms with Crippen molar-refractivity contribution in [2.75, 3.05) is 37.0 Å². The van der Waals surface area contributed by atoms with Gasteiger partial charge >= 0.3 is 0 Å². The molecule has 0 amide bonds. The summed E-state index contributed by atoms with van der Waals surface area (Å²) >= 11 is 5.76. The number of carbonyl (C=O) groups excluding carboxylic acids is 1. The van der Waals surface area contributed by atoms with Crippen LogP contribution in [0, 0.1) is 5.41 Å². The molecule has 3 aliphatic rings. The molecule has 0 bridgehead atoms. The van der Waals surface area contributed by atoms with Gasteiger partial charge in [-0.25, -0.2) is 4.98 Å². The van der Waals surface area contributed by atoms with E-state index in [1.165, 1.54) is 18.4 Å². The minimum atomic E-state index is -0.763. The molecule has 6 nitrogen and oxygen atoms in total. The molecule has 0 saturated carbocycles. The predicted octanol–water partition coefficient (Wildman–Crippen LogP) is 4.63. The summed E-state index contributed by atoms with van der Waals surface area (Å²) in [5.41, 5.74) is 1.94. The molecule has 180 valence electrons. The Hall–Kier alpha value is -2.44. The molecule has 1 fully saturated rings. The lowest BCUT2D eigenvalue weighted by molar-refractivity contribution is 0.0872. The van der Waals surface area contributed by atoms with Crippen LogP contribution in [0.2, 0.25) is 0 Å². The highest BCUT2D eigenvalue weighted by molar-refractivity contribution is 6.17. The summed E-state index contributed by atoms with van der Waals surface area (Å²) in [5, 5.41) is 3.93. The topological polar surface area (TPSA) is 67.2 Å². The first kappa shape index (κ1) is 23.3. The second kappa shape index (κ2) is 9.67. The van der Waals surface area contributed by atoms with Crippen LogP contribution in [0.4, 0.5) is 5.69 Å². The molecule has 2 unspecified atom stereocenters. The number of fused-ring (bicyclic) bond motifs is 4. The van der Waals surface area contributed by atoms with E-state index >= 15 is 0 Å². The van der Waals surface area contributed by atoms with Crippen LogP contribution in [0.25, 0.3) is 10.9 Å². The minimum Gasteiger partial charge on any atom is -0.369 e. The number of carbonyl (C=O) groups is 1. The van der Waals surface area contributed by atoms with Gasteiger partial charge in [-0.2, -0.15) is 0 Å². The van der Waals surface area contributed by atoms with Crippen molar-refractivity contribution in [1.29, 1.82) is 0 Å². The van der Waals surface area contributed by atoms with Crippen molar-refractivity contribution >= 4 is 34.0 Å². The second-order valence-corrected chi connectivity index (χ2v) is 10.3. The van der Waals surface area contributed by atoms with Crippen LogP contribution >= 0.6 is 11.6 Å². The number of benzene rings is 1. The van der Waals surface area contributed by atoms with Gasteiger partial charge in [-0.15, -0.1) is 11.6 Å². The third kappa shape index (κ3) is 4.11. The molecule has 1 saturated heterocycles. The van der Waals surface area contributed by atoms with Crippen molar-refractivity contribution in [3.05, 3.63) is 58.2 Å². The largest absolute Gasteiger partial charge is 0.369 e. The maximum Gasteiger partial charge on any atom is 0.262 e. The summed E-state index contributed by atoms with van der Waals surface area (Å²) in [6.07, 6.45) is 12.9. The highest BCUT2D eigenvalue weighted by Crippen LogP contribution is 2.46. The van der Waals surface area contributed by atoms with Gasteiger partial charge < -0.3 is 10.2 Å². The molecule has 2 aromatic rings. The van der Waals surface area contributed by atoms with Crippen LogP contribution in [0.3, 0.4) is 0 Å². The Bertz CT molecular complexity index is 1210. The van der Waals surface area contributed by atoms with E-state index in [1.807, 2.05) is 31.2 Å². The third-order valence-corrected chi connectivity index (χ3v) is 7.80. The average molecular weight is 481 g/mol. The van der Waals surface area contributed by atoms with E-state index in [0.717, 1.165) is 63.4 Å². The fourth-order valence-electron chi connectivity index (χ4n) is 5.56. The molecule has 1 N–H and O–H groups in total. The van der Waals surface area contributed by atoms with E-state index in [9.17, 15) is 9.59 Å². The zero-order valence-corrected chi connectivity index (χ0v) is 20.6. The molecular formula is C27H33ClN4O2. The van der Waals surface area contributed by atoms with Crippen LogP contribution in [0.1, 0.15) is 62.1 Å². The maximum atomic E-state index is 13.6. The summed E-state index contributed by atoms with van der Waals surface area (Å²) in [6.45, 7) is 5.66. The Morgan fingerprint density at radius 3 is 2.68 bits per heavy atom. The fourth-order valence-corrected chi connectivity index (χ4v) is 5.75. The van der Waals surface area contributed by atoms with E-state index in [1.54, 1.807) is 4.57 Å². The minimum absolute atomic E-state index is 0.0620. The fraction of sp³-hybridized carbons (Fsp3) is 0.519. The molecule has 1 aliphatic carbocycles. The summed E-state index contributed by atoms with van der Waals surface area (Å²) in [6, 6.07) is 5.51. The Labute approximate surface area is 205 Å². The monoisotopic (exact) mass is 480 g/mol. The van der Waals surface area contributed by atoms with Crippen molar-refractivity contribution in [2.24, 2.45) is 5.41 Å². The number of allylic oxidation sites excluding steroid dienone is 4. The standard InChI is InChI=1S/C27H33ClN4O2/c1-27-18-19(7-5-3-2-4-6-12-28)8-11-23(27)32-25(24(27)33)30-22-17-20(9-10-21(22)26(32)34)31-15-13-29-14-16-31/h8-11,17-18,23,29H,2-7,12-16H2,1H3. The zero-order valence-electron chi connectivity index (χ0n) is 19.9. The van der Waals surface area contributed by atoms with Crippen LogP contribution in [-0.4, -0.2) is 47.4 Å². The molecule has 3 heterocycles. The van der Waals surface area contributed by atoms with Crippen molar-refractivity contribution in [2.45, 2.75) is 51.5 Å². The van der Waals surface area contributed by atoms with Crippen LogP contribution in [0.5, 0.6) is 0 Å². The number of Topliss-reactive ketones (excluding diaryl/α,β-unsaturated/α-hetero) is 1. The quantitative estimate of drug-likeness (QED) is 0.441. The number of unbranched alkanes of at least 4 members (excludes halogenated alkanes) is 4. The molecule has 0 radical (unpaired) electrons. The van der Waals surface area contributed by atoms with Gasteiger partial charge in [0.05, 0.1) is 22.4 Å². The van der Waals surface area contributed by atoms with Gasteiger partial charge in [0, 0.05) is 37.7 Å². The van der Waals surface area contributed by atoms with Crippen molar-refractivity contribution in [3.8, 4) is 0 Å². The number of nitrogens with one attached hydrogen (secondary N) is 1. The molecular weight excluding hydrogens is 448 g/mol. The number of piperazine rings is 1. The normalized spacial score (nSPS) is 23.8. The Kier molecular flexibility index (Phi) is 6.63. The third-order valence-electron chi connectivity index (χ3n) is 7.53. The van der Waals surface area contributed by atoms with E-state index in [2.05, 4.69) is 22.4 Å². The number of alkyl halides is 1. The van der Waals surface area contributed by atoms with Gasteiger partial charge in [-0.3, -0.25) is 14.2 Å². The molecule has 1 aromatic carbocycles. The highest BCUT2D eigenvalue weighted by atomic mass is 35.5. The summed E-state index contributed by atoms with van der Waals surface area (Å²) in [5.74, 6) is 0.953. The summed E-state index contributed by atoms with van der Waals surface area (Å²) < 4.78 is 1.62. The van der Waals surface area contributed by atoms with E-state index < -0.39 is 5.41 Å². The van der Waals surface area contributed by atoms with E-state index in [0.29, 0.717) is 10.9 Å². The average Bonchev–Trinajstić information content (AvgIpc) is 3.08. The van der Waals surface area contributed by atoms with Gasteiger partial charge in [0.25, 0.3) is 5.56 Å². The molecule has 0 spiro atoms. The maximum absolute atomic E-state index is 13.6. The summed E-state index contributed by atoms with van der Waals surface area (Å²) in [7, 11) is 0. The van der Waals surface area contributed by atoms with Gasteiger partial charge in [-0.1, -0.05) is 43.1 Å². The lowest BCUT2D eigenvalue weighted by Crippen LogP contribution is -2.43. The van der Waals surface area contributed by atoms with Crippen molar-refractivity contribution in [3.63, 3.8) is 0 Å². The molecule has 34 heavy (non-hydrogen) atoms. The highest BCUT2D eigenvalue weighted by Gasteiger charge is 2.50. The Morgan fingerprint density at radius 1 is 1.12 bits per heavy atom. The number of hydrogen-bond acceptors (Lipinski definition) is 5. The van der Waals surface area contributed by atoms with Crippen molar-refractivity contribution < 1.29 is 4.79 Å². The summed E-state index contributed by atoms with van der Waals surface area (Å²) in [4.78, 5) is 34.1. The number of anilines is 1. The van der Waals surface area contributed by atoms with Gasteiger partial charge in [-0.05, 0) is 44.4 Å². The molecule has 2 aliphatic heterocycles. The molecule has 1 aromatic heterocycles. The lowest BCUT2D eigenvalue weighted by Gasteiger charge is -2.29. The van der Waals surface area contributed by atoms with Gasteiger partial charge in [0.2, 0.25) is 5.78 Å². The number of ketones is 1. The van der Waals surface area contributed by atoms with Gasteiger partial charge in [0.1, 0.15) is 0 Å². The van der Waals surface area contributed by atoms with Gasteiger partial charge in [0.15, 0.2) is 5.82 Å². The van der Waals surface area contributed by atoms with Crippen LogP contribution in [-0.2, 0) is 0 Å². The van der Waals surface area contributed by atoms with Crippen LogP contribution < -0.4 is 15.8 Å². The first-order valence-electron chi connectivity index (χ1n) is 12.6. The first-order valence-corrected chi connectivity index (χ1v) is 13.1. The molecule has 7 heteroatoms. The smallest absolute Gasteiger partial charge is 0.262 e. The Balaban J connectivity index is 1.41. The van der Waals surface area contributed by atoms with Crippen molar-refractivity contribution in [1.82, 2.24) is 14.9 Å². The number of halogens is 1. The first-order chi connectivity index (χ1) is 16.5. The SMILES string of the molecule is CC12C=C(CCCCCCCCl)C=CC1n1c(nc3cc(N4CCNCC4)ccc3c1=O)C2=O. The zero-order chi connectivity index (χ0) is 23.7. The predicted molar refractivity (Wildman–Crippen MR) is 138 cm³/mol. The number of hydrogen-bond donors (Lipinski definition) is 1. The lowest BCUT2D eigenvalue weighted by atomic mass is 9.75. The van der Waals surface area contributed by atoms with E-state index in [4.69, 9.17) is 16.6 Å². The number of rotatable bonds is 8.